The number of aliphatic imine (C=N–C) groups is 1. The maximum absolute atomic E-state index is 12.6. The van der Waals surface area contributed by atoms with E-state index in [4.69, 9.17) is 0 Å². The van der Waals surface area contributed by atoms with Crippen LogP contribution in [0.1, 0.15) is 24.0 Å². The van der Waals surface area contributed by atoms with Gasteiger partial charge in [0, 0.05) is 5.56 Å². The number of hydrogen-bond donors (Lipinski definition) is 3. The fourth-order valence-corrected chi connectivity index (χ4v) is 2.80. The molecule has 0 aliphatic carbocycles. The number of amidine groups is 1. The van der Waals surface area contributed by atoms with Gasteiger partial charge in [-0.15, -0.1) is 0 Å². The van der Waals surface area contributed by atoms with Crippen LogP contribution in [0.3, 0.4) is 0 Å². The Morgan fingerprint density at radius 1 is 1.14 bits per heavy atom. The SMILES string of the molecule is OC1N=C(c2ccc(C(F)(F)F)cc2)NC12CCNCC2. The summed E-state index contributed by atoms with van der Waals surface area (Å²) in [5.41, 5.74) is -0.636. The summed E-state index contributed by atoms with van der Waals surface area (Å²) in [6.45, 7) is 1.56. The van der Waals surface area contributed by atoms with E-state index >= 15 is 0 Å². The van der Waals surface area contributed by atoms with E-state index in [1.807, 2.05) is 0 Å². The number of benzene rings is 1. The van der Waals surface area contributed by atoms with Crippen LogP contribution in [0, 0.1) is 0 Å². The molecule has 1 aromatic carbocycles. The molecule has 0 saturated carbocycles. The first-order valence-corrected chi connectivity index (χ1v) is 6.83. The molecule has 1 fully saturated rings. The Hall–Kier alpha value is -1.60. The van der Waals surface area contributed by atoms with E-state index in [2.05, 4.69) is 15.6 Å². The smallest absolute Gasteiger partial charge is 0.369 e. The molecule has 3 N–H and O–H groups in total. The number of piperidine rings is 1. The van der Waals surface area contributed by atoms with Crippen LogP contribution in [0.5, 0.6) is 0 Å². The molecular formula is C14H16F3N3O. The molecule has 0 aromatic heterocycles. The Balaban J connectivity index is 1.80. The quantitative estimate of drug-likeness (QED) is 0.736. The van der Waals surface area contributed by atoms with Crippen LogP contribution < -0.4 is 10.6 Å². The summed E-state index contributed by atoms with van der Waals surface area (Å²) in [7, 11) is 0. The molecule has 1 saturated heterocycles. The van der Waals surface area contributed by atoms with Crippen LogP contribution in [-0.4, -0.2) is 35.8 Å². The second-order valence-corrected chi connectivity index (χ2v) is 5.46. The summed E-state index contributed by atoms with van der Waals surface area (Å²) in [4.78, 5) is 4.18. The highest BCUT2D eigenvalue weighted by Crippen LogP contribution is 2.31. The Morgan fingerprint density at radius 2 is 1.76 bits per heavy atom. The molecule has 114 valence electrons. The molecule has 2 aliphatic heterocycles. The van der Waals surface area contributed by atoms with Crippen molar-refractivity contribution in [2.75, 3.05) is 13.1 Å². The average molecular weight is 299 g/mol. The second-order valence-electron chi connectivity index (χ2n) is 5.46. The molecule has 3 rings (SSSR count). The lowest BCUT2D eigenvalue weighted by Gasteiger charge is -2.36. The maximum atomic E-state index is 12.6. The minimum Gasteiger partial charge on any atom is -0.369 e. The van der Waals surface area contributed by atoms with Gasteiger partial charge in [-0.2, -0.15) is 13.2 Å². The first-order valence-electron chi connectivity index (χ1n) is 6.83. The van der Waals surface area contributed by atoms with Crippen molar-refractivity contribution in [2.45, 2.75) is 30.8 Å². The lowest BCUT2D eigenvalue weighted by atomic mass is 9.87. The molecule has 0 bridgehead atoms. The molecule has 2 aliphatic rings. The van der Waals surface area contributed by atoms with Crippen LogP contribution in [0.15, 0.2) is 29.3 Å². The zero-order chi connectivity index (χ0) is 15.1. The first kappa shape index (κ1) is 14.3. The van der Waals surface area contributed by atoms with Gasteiger partial charge < -0.3 is 15.7 Å². The van der Waals surface area contributed by atoms with Gasteiger partial charge in [0.05, 0.1) is 11.1 Å². The number of nitrogens with one attached hydrogen (secondary N) is 2. The predicted octanol–water partition coefficient (Wildman–Crippen LogP) is 1.50. The lowest BCUT2D eigenvalue weighted by Crippen LogP contribution is -2.56. The van der Waals surface area contributed by atoms with Crippen molar-refractivity contribution >= 4 is 5.84 Å². The van der Waals surface area contributed by atoms with Crippen LogP contribution in [0.25, 0.3) is 0 Å². The zero-order valence-electron chi connectivity index (χ0n) is 11.2. The molecule has 21 heavy (non-hydrogen) atoms. The van der Waals surface area contributed by atoms with Gasteiger partial charge in [0.1, 0.15) is 5.84 Å². The number of halogens is 3. The first-order chi connectivity index (χ1) is 9.91. The predicted molar refractivity (Wildman–Crippen MR) is 72.0 cm³/mol. The molecule has 1 aromatic rings. The number of aliphatic hydroxyl groups is 1. The van der Waals surface area contributed by atoms with Crippen LogP contribution in [-0.2, 0) is 6.18 Å². The molecule has 0 amide bonds. The lowest BCUT2D eigenvalue weighted by molar-refractivity contribution is -0.137. The van der Waals surface area contributed by atoms with Gasteiger partial charge in [-0.3, -0.25) is 0 Å². The molecule has 7 heteroatoms. The van der Waals surface area contributed by atoms with Crippen LogP contribution in [0.4, 0.5) is 13.2 Å². The Bertz CT molecular complexity index is 548. The van der Waals surface area contributed by atoms with Gasteiger partial charge in [-0.25, -0.2) is 4.99 Å². The van der Waals surface area contributed by atoms with Gasteiger partial charge in [-0.1, -0.05) is 12.1 Å². The van der Waals surface area contributed by atoms with Crippen molar-refractivity contribution in [2.24, 2.45) is 4.99 Å². The Morgan fingerprint density at radius 3 is 2.33 bits per heavy atom. The maximum Gasteiger partial charge on any atom is 0.416 e. The van der Waals surface area contributed by atoms with E-state index in [-0.39, 0.29) is 0 Å². The highest BCUT2D eigenvalue weighted by molar-refractivity contribution is 6.00. The van der Waals surface area contributed by atoms with E-state index in [1.165, 1.54) is 12.1 Å². The van der Waals surface area contributed by atoms with Gasteiger partial charge in [0.2, 0.25) is 0 Å². The van der Waals surface area contributed by atoms with E-state index in [0.717, 1.165) is 38.1 Å². The Kier molecular flexibility index (Phi) is 3.41. The third-order valence-electron chi connectivity index (χ3n) is 4.09. The standard InChI is InChI=1S/C14H16F3N3O/c15-14(16,17)10-3-1-9(2-4-10)11-19-12(21)13(20-11)5-7-18-8-6-13/h1-4,12,18,21H,5-8H2,(H,19,20). The molecular weight excluding hydrogens is 283 g/mol. The average Bonchev–Trinajstić information content (AvgIpc) is 2.76. The normalized spacial score (nSPS) is 24.8. The number of rotatable bonds is 1. The number of nitrogens with zero attached hydrogens (tertiary/aromatic N) is 1. The van der Waals surface area contributed by atoms with Crippen molar-refractivity contribution in [1.82, 2.24) is 10.6 Å². The highest BCUT2D eigenvalue weighted by Gasteiger charge is 2.44. The zero-order valence-corrected chi connectivity index (χ0v) is 11.2. The third kappa shape index (κ3) is 2.63. The van der Waals surface area contributed by atoms with Gasteiger partial charge in [-0.05, 0) is 38.1 Å². The highest BCUT2D eigenvalue weighted by atomic mass is 19.4. The molecule has 2 heterocycles. The van der Waals surface area contributed by atoms with Crippen molar-refractivity contribution in [1.29, 1.82) is 0 Å². The van der Waals surface area contributed by atoms with Gasteiger partial charge in [0.25, 0.3) is 0 Å². The van der Waals surface area contributed by atoms with Gasteiger partial charge >= 0.3 is 6.18 Å². The van der Waals surface area contributed by atoms with E-state index in [9.17, 15) is 18.3 Å². The fraction of sp³-hybridized carbons (Fsp3) is 0.500. The number of hydrogen-bond acceptors (Lipinski definition) is 4. The molecule has 1 atom stereocenters. The molecule has 1 spiro atoms. The largest absolute Gasteiger partial charge is 0.416 e. The third-order valence-corrected chi connectivity index (χ3v) is 4.09. The summed E-state index contributed by atoms with van der Waals surface area (Å²) < 4.78 is 37.7. The van der Waals surface area contributed by atoms with Gasteiger partial charge in [0.15, 0.2) is 6.23 Å². The minimum absolute atomic E-state index is 0.457. The molecule has 1 unspecified atom stereocenters. The molecule has 4 nitrogen and oxygen atoms in total. The summed E-state index contributed by atoms with van der Waals surface area (Å²) in [5.74, 6) is 0.457. The number of alkyl halides is 3. The van der Waals surface area contributed by atoms with E-state index in [1.54, 1.807) is 0 Å². The van der Waals surface area contributed by atoms with Crippen LogP contribution in [0.2, 0.25) is 0 Å². The summed E-state index contributed by atoms with van der Waals surface area (Å²) >= 11 is 0. The van der Waals surface area contributed by atoms with Crippen LogP contribution >= 0.6 is 0 Å². The number of aliphatic hydroxyl groups excluding tert-OH is 1. The van der Waals surface area contributed by atoms with Crippen molar-refractivity contribution in [3.05, 3.63) is 35.4 Å². The topological polar surface area (TPSA) is 56.7 Å². The van der Waals surface area contributed by atoms with E-state index < -0.39 is 23.5 Å². The van der Waals surface area contributed by atoms with Crippen molar-refractivity contribution in [3.8, 4) is 0 Å². The fourth-order valence-electron chi connectivity index (χ4n) is 2.80. The monoisotopic (exact) mass is 299 g/mol. The van der Waals surface area contributed by atoms with Crippen molar-refractivity contribution < 1.29 is 18.3 Å². The second kappa shape index (κ2) is 4.99. The van der Waals surface area contributed by atoms with E-state index in [0.29, 0.717) is 11.4 Å². The minimum atomic E-state index is -4.35. The summed E-state index contributed by atoms with van der Waals surface area (Å²) in [5, 5.41) is 16.6. The Labute approximate surface area is 120 Å². The molecule has 0 radical (unpaired) electrons. The summed E-state index contributed by atoms with van der Waals surface area (Å²) in [6, 6.07) is 4.81. The summed E-state index contributed by atoms with van der Waals surface area (Å²) in [6.07, 6.45) is -3.76. The van der Waals surface area contributed by atoms with Crippen molar-refractivity contribution in [3.63, 3.8) is 0 Å².